The van der Waals surface area contributed by atoms with Gasteiger partial charge in [0.1, 0.15) is 5.82 Å². The minimum Gasteiger partial charge on any atom is -0.399 e. The van der Waals surface area contributed by atoms with Gasteiger partial charge in [0.15, 0.2) is 0 Å². The zero-order valence-corrected chi connectivity index (χ0v) is 12.4. The van der Waals surface area contributed by atoms with Crippen molar-refractivity contribution in [3.63, 3.8) is 0 Å². The van der Waals surface area contributed by atoms with E-state index in [2.05, 4.69) is 24.1 Å². The maximum Gasteiger partial charge on any atom is 0.225 e. The van der Waals surface area contributed by atoms with Gasteiger partial charge in [0.2, 0.25) is 5.91 Å². The van der Waals surface area contributed by atoms with Crippen LogP contribution in [-0.2, 0) is 4.79 Å². The molecule has 4 nitrogen and oxygen atoms in total. The maximum atomic E-state index is 13.5. The topological polar surface area (TPSA) is 58.4 Å². The van der Waals surface area contributed by atoms with Crippen molar-refractivity contribution < 1.29 is 9.18 Å². The summed E-state index contributed by atoms with van der Waals surface area (Å²) in [5, 5.41) is 2.55. The van der Waals surface area contributed by atoms with Crippen molar-refractivity contribution in [1.82, 2.24) is 4.90 Å². The average molecular weight is 281 g/mol. The molecule has 0 spiro atoms. The standard InChI is InChI=1S/C15H24FN3O/c1-11(2)6-8-19(3)9-7-15(20)18-14-10-12(17)4-5-13(14)16/h4-5,10-11H,6-9,17H2,1-3H3,(H,18,20). The minimum absolute atomic E-state index is 0.139. The normalized spacial score (nSPS) is 11.1. The van der Waals surface area contributed by atoms with Crippen LogP contribution in [0.25, 0.3) is 0 Å². The molecule has 0 aliphatic heterocycles. The number of halogens is 1. The number of anilines is 2. The molecule has 1 amide bonds. The molecule has 1 rings (SSSR count). The third-order valence-corrected chi connectivity index (χ3v) is 3.07. The van der Waals surface area contributed by atoms with Crippen molar-refractivity contribution in [3.05, 3.63) is 24.0 Å². The van der Waals surface area contributed by atoms with Crippen LogP contribution >= 0.6 is 0 Å². The van der Waals surface area contributed by atoms with Crippen LogP contribution in [0.1, 0.15) is 26.7 Å². The highest BCUT2D eigenvalue weighted by molar-refractivity contribution is 5.91. The van der Waals surface area contributed by atoms with Gasteiger partial charge in [-0.25, -0.2) is 4.39 Å². The Morgan fingerprint density at radius 2 is 2.10 bits per heavy atom. The average Bonchev–Trinajstić information content (AvgIpc) is 2.38. The van der Waals surface area contributed by atoms with Gasteiger partial charge in [0.05, 0.1) is 5.69 Å². The fourth-order valence-electron chi connectivity index (χ4n) is 1.73. The Labute approximate surface area is 120 Å². The van der Waals surface area contributed by atoms with Crippen LogP contribution in [0.2, 0.25) is 0 Å². The molecule has 0 aliphatic carbocycles. The number of hydrogen-bond donors (Lipinski definition) is 2. The summed E-state index contributed by atoms with van der Waals surface area (Å²) in [6, 6.07) is 4.14. The van der Waals surface area contributed by atoms with E-state index in [9.17, 15) is 9.18 Å². The van der Waals surface area contributed by atoms with E-state index in [1.165, 1.54) is 18.2 Å². The quantitative estimate of drug-likeness (QED) is 0.756. The number of hydrogen-bond acceptors (Lipinski definition) is 3. The molecule has 0 aromatic heterocycles. The van der Waals surface area contributed by atoms with Crippen molar-refractivity contribution in [2.75, 3.05) is 31.2 Å². The molecule has 5 heteroatoms. The Kier molecular flexibility index (Phi) is 6.45. The van der Waals surface area contributed by atoms with Gasteiger partial charge < -0.3 is 16.0 Å². The number of carbonyl (C=O) groups excluding carboxylic acids is 1. The molecule has 0 saturated carbocycles. The lowest BCUT2D eigenvalue weighted by Crippen LogP contribution is -2.26. The lowest BCUT2D eigenvalue weighted by Gasteiger charge is -2.17. The van der Waals surface area contributed by atoms with E-state index in [4.69, 9.17) is 5.73 Å². The van der Waals surface area contributed by atoms with E-state index < -0.39 is 5.82 Å². The summed E-state index contributed by atoms with van der Waals surface area (Å²) in [5.41, 5.74) is 6.13. The highest BCUT2D eigenvalue weighted by Gasteiger charge is 2.09. The molecule has 3 N–H and O–H groups in total. The fourth-order valence-corrected chi connectivity index (χ4v) is 1.73. The van der Waals surface area contributed by atoms with E-state index in [1.54, 1.807) is 0 Å². The first-order valence-corrected chi connectivity index (χ1v) is 6.92. The summed E-state index contributed by atoms with van der Waals surface area (Å²) in [6.07, 6.45) is 1.44. The number of carbonyl (C=O) groups is 1. The molecule has 1 aromatic rings. The van der Waals surface area contributed by atoms with Gasteiger partial charge in [0.25, 0.3) is 0 Å². The number of amides is 1. The smallest absolute Gasteiger partial charge is 0.225 e. The lowest BCUT2D eigenvalue weighted by molar-refractivity contribution is -0.116. The second kappa shape index (κ2) is 7.85. The minimum atomic E-state index is -0.472. The number of benzene rings is 1. The van der Waals surface area contributed by atoms with Crippen LogP contribution in [0.5, 0.6) is 0 Å². The summed E-state index contributed by atoms with van der Waals surface area (Å²) in [5.74, 6) is -0.0284. The van der Waals surface area contributed by atoms with Gasteiger partial charge in [-0.2, -0.15) is 0 Å². The molecular formula is C15H24FN3O. The third kappa shape index (κ3) is 6.02. The van der Waals surface area contributed by atoms with Crippen LogP contribution in [-0.4, -0.2) is 30.9 Å². The van der Waals surface area contributed by atoms with Crippen molar-refractivity contribution in [1.29, 1.82) is 0 Å². The van der Waals surface area contributed by atoms with Crippen LogP contribution in [0.15, 0.2) is 18.2 Å². The highest BCUT2D eigenvalue weighted by atomic mass is 19.1. The number of nitrogens with one attached hydrogen (secondary N) is 1. The van der Waals surface area contributed by atoms with Crippen LogP contribution < -0.4 is 11.1 Å². The first-order valence-electron chi connectivity index (χ1n) is 6.92. The Hall–Kier alpha value is -1.62. The molecule has 0 heterocycles. The van der Waals surface area contributed by atoms with Crippen LogP contribution in [0.3, 0.4) is 0 Å². The van der Waals surface area contributed by atoms with Crippen molar-refractivity contribution in [2.24, 2.45) is 5.92 Å². The van der Waals surface area contributed by atoms with Gasteiger partial charge in [-0.1, -0.05) is 13.8 Å². The highest BCUT2D eigenvalue weighted by Crippen LogP contribution is 2.17. The van der Waals surface area contributed by atoms with Gasteiger partial charge in [-0.05, 0) is 44.1 Å². The van der Waals surface area contributed by atoms with Gasteiger partial charge in [0, 0.05) is 18.7 Å². The predicted molar refractivity (Wildman–Crippen MR) is 81.0 cm³/mol. The van der Waals surface area contributed by atoms with Crippen molar-refractivity contribution in [2.45, 2.75) is 26.7 Å². The van der Waals surface area contributed by atoms with Crippen molar-refractivity contribution >= 4 is 17.3 Å². The number of nitrogen functional groups attached to an aromatic ring is 1. The zero-order chi connectivity index (χ0) is 15.1. The summed E-state index contributed by atoms with van der Waals surface area (Å²) in [7, 11) is 1.98. The number of rotatable bonds is 7. The molecule has 0 aliphatic rings. The Morgan fingerprint density at radius 1 is 1.40 bits per heavy atom. The van der Waals surface area contributed by atoms with E-state index in [0.29, 0.717) is 24.6 Å². The second-order valence-electron chi connectivity index (χ2n) is 5.52. The summed E-state index contributed by atoms with van der Waals surface area (Å²) >= 11 is 0. The van der Waals surface area contributed by atoms with E-state index in [0.717, 1.165) is 13.0 Å². The van der Waals surface area contributed by atoms with Crippen LogP contribution in [0, 0.1) is 11.7 Å². The van der Waals surface area contributed by atoms with E-state index >= 15 is 0 Å². The molecular weight excluding hydrogens is 257 g/mol. The summed E-state index contributed by atoms with van der Waals surface area (Å²) in [4.78, 5) is 13.9. The molecule has 0 saturated heterocycles. The predicted octanol–water partition coefficient (Wildman–Crippen LogP) is 2.71. The number of nitrogens with two attached hydrogens (primary N) is 1. The second-order valence-corrected chi connectivity index (χ2v) is 5.52. The first-order chi connectivity index (χ1) is 9.38. The molecule has 112 valence electrons. The molecule has 0 atom stereocenters. The maximum absolute atomic E-state index is 13.5. The Morgan fingerprint density at radius 3 is 2.75 bits per heavy atom. The largest absolute Gasteiger partial charge is 0.399 e. The third-order valence-electron chi connectivity index (χ3n) is 3.07. The molecule has 0 unspecified atom stereocenters. The zero-order valence-electron chi connectivity index (χ0n) is 12.4. The fraction of sp³-hybridized carbons (Fsp3) is 0.533. The first kappa shape index (κ1) is 16.4. The Balaban J connectivity index is 2.38. The molecule has 0 fully saturated rings. The van der Waals surface area contributed by atoms with E-state index in [1.807, 2.05) is 7.05 Å². The molecule has 0 bridgehead atoms. The van der Waals surface area contributed by atoms with Crippen LogP contribution in [0.4, 0.5) is 15.8 Å². The Bertz CT molecular complexity index is 449. The lowest BCUT2D eigenvalue weighted by atomic mass is 10.1. The van der Waals surface area contributed by atoms with Gasteiger partial charge >= 0.3 is 0 Å². The summed E-state index contributed by atoms with van der Waals surface area (Å²) < 4.78 is 13.5. The number of nitrogens with zero attached hydrogens (tertiary/aromatic N) is 1. The molecule has 20 heavy (non-hydrogen) atoms. The SMILES string of the molecule is CC(C)CCN(C)CCC(=O)Nc1cc(N)ccc1F. The summed E-state index contributed by atoms with van der Waals surface area (Å²) in [6.45, 7) is 5.95. The molecule has 0 radical (unpaired) electrons. The van der Waals surface area contributed by atoms with Crippen molar-refractivity contribution in [3.8, 4) is 0 Å². The van der Waals surface area contributed by atoms with Gasteiger partial charge in [-0.15, -0.1) is 0 Å². The molecule has 1 aromatic carbocycles. The monoisotopic (exact) mass is 281 g/mol. The van der Waals surface area contributed by atoms with Gasteiger partial charge in [-0.3, -0.25) is 4.79 Å². The van der Waals surface area contributed by atoms with E-state index in [-0.39, 0.29) is 11.6 Å².